The molecule has 0 radical (unpaired) electrons. The van der Waals surface area contributed by atoms with Gasteiger partial charge in [-0.05, 0) is 18.6 Å². The number of hydrogen-bond donors (Lipinski definition) is 0. The Morgan fingerprint density at radius 2 is 1.88 bits per heavy atom. The summed E-state index contributed by atoms with van der Waals surface area (Å²) < 4.78 is 47.2. The van der Waals surface area contributed by atoms with E-state index in [9.17, 15) is 22.0 Å². The molecule has 3 nitrogen and oxygen atoms in total. The van der Waals surface area contributed by atoms with Gasteiger partial charge >= 0.3 is 5.76 Å². The van der Waals surface area contributed by atoms with Gasteiger partial charge < -0.3 is 0 Å². The summed E-state index contributed by atoms with van der Waals surface area (Å²) in [6.45, 7) is 1.27. The summed E-state index contributed by atoms with van der Waals surface area (Å²) in [4.78, 5) is 10.4. The first kappa shape index (κ1) is 12.8. The summed E-state index contributed by atoms with van der Waals surface area (Å²) in [7, 11) is -4.64. The zero-order chi connectivity index (χ0) is 12.3. The van der Waals surface area contributed by atoms with Crippen LogP contribution in [-0.2, 0) is 21.1 Å². The van der Waals surface area contributed by atoms with E-state index >= 15 is 0 Å². The van der Waals surface area contributed by atoms with Crippen molar-refractivity contribution in [2.45, 2.75) is 24.0 Å². The van der Waals surface area contributed by atoms with Crippen molar-refractivity contribution < 1.29 is 22.0 Å². The van der Waals surface area contributed by atoms with Crippen molar-refractivity contribution in [1.29, 1.82) is 0 Å². The monoisotopic (exact) mass is 248 g/mol. The number of carbonyl (C=O) groups excluding carboxylic acids is 1. The molecule has 1 rings (SSSR count). The molecule has 0 aliphatic rings. The lowest BCUT2D eigenvalue weighted by Crippen LogP contribution is -2.14. The predicted octanol–water partition coefficient (Wildman–Crippen LogP) is 1.81. The minimum atomic E-state index is -4.64. The summed E-state index contributed by atoms with van der Waals surface area (Å²) in [6, 6.07) is 5.29. The molecule has 0 unspecified atom stereocenters. The van der Waals surface area contributed by atoms with E-state index in [1.54, 1.807) is 0 Å². The second-order valence-corrected chi connectivity index (χ2v) is 5.18. The van der Waals surface area contributed by atoms with E-state index in [0.717, 1.165) is 6.07 Å². The van der Waals surface area contributed by atoms with Crippen molar-refractivity contribution >= 4 is 15.6 Å². The van der Waals surface area contributed by atoms with Crippen LogP contribution in [0.1, 0.15) is 12.5 Å². The summed E-state index contributed by atoms with van der Waals surface area (Å²) in [6.07, 6.45) is -0.165. The van der Waals surface area contributed by atoms with Gasteiger partial charge in [0.15, 0.2) is 0 Å². The Bertz CT molecular complexity index is 495. The summed E-state index contributed by atoms with van der Waals surface area (Å²) >= 11 is 0. The number of rotatable bonds is 4. The molecule has 1 aromatic rings. The quantitative estimate of drug-likeness (QED) is 0.816. The number of hydrogen-bond acceptors (Lipinski definition) is 3. The topological polar surface area (TPSA) is 51.2 Å². The molecule has 0 heterocycles. The highest BCUT2D eigenvalue weighted by molar-refractivity contribution is 7.91. The van der Waals surface area contributed by atoms with Crippen molar-refractivity contribution in [3.05, 3.63) is 29.8 Å². The average Bonchev–Trinajstić information content (AvgIpc) is 2.17. The first-order valence-corrected chi connectivity index (χ1v) is 5.99. The summed E-state index contributed by atoms with van der Waals surface area (Å²) in [5, 5.41) is 0. The van der Waals surface area contributed by atoms with Crippen molar-refractivity contribution in [3.8, 4) is 0 Å². The fraction of sp³-hybridized carbons (Fsp3) is 0.300. The summed E-state index contributed by atoms with van der Waals surface area (Å²) in [5.41, 5.74) is 0.107. The Labute approximate surface area is 92.0 Å². The SMILES string of the molecule is CC(=O)Cc1ccccc1S(=O)(=O)C(F)F. The maximum absolute atomic E-state index is 12.3. The molecule has 0 saturated carbocycles. The van der Waals surface area contributed by atoms with Crippen LogP contribution in [0.25, 0.3) is 0 Å². The standard InChI is InChI=1S/C10H10F2O3S/c1-7(13)6-8-4-2-3-5-9(8)16(14,15)10(11)12/h2-5,10H,6H2,1H3. The van der Waals surface area contributed by atoms with E-state index in [1.807, 2.05) is 0 Å². The number of ketones is 1. The Balaban J connectivity index is 3.29. The number of Topliss-reactive ketones (excluding diaryl/α,β-unsaturated/α-hetero) is 1. The van der Waals surface area contributed by atoms with Gasteiger partial charge in [-0.3, -0.25) is 4.79 Å². The zero-order valence-corrected chi connectivity index (χ0v) is 9.30. The molecule has 0 saturated heterocycles. The van der Waals surface area contributed by atoms with Crippen LogP contribution >= 0.6 is 0 Å². The van der Waals surface area contributed by atoms with E-state index < -0.39 is 20.5 Å². The molecule has 0 N–H and O–H groups in total. The van der Waals surface area contributed by atoms with Crippen LogP contribution in [0.3, 0.4) is 0 Å². The molecule has 0 spiro atoms. The predicted molar refractivity (Wildman–Crippen MR) is 54.0 cm³/mol. The molecule has 16 heavy (non-hydrogen) atoms. The molecule has 0 fully saturated rings. The van der Waals surface area contributed by atoms with Gasteiger partial charge in [0, 0.05) is 6.42 Å². The largest absolute Gasteiger partial charge is 0.341 e. The van der Waals surface area contributed by atoms with Crippen LogP contribution in [0.2, 0.25) is 0 Å². The highest BCUT2D eigenvalue weighted by atomic mass is 32.2. The number of benzene rings is 1. The lowest BCUT2D eigenvalue weighted by Gasteiger charge is -2.08. The van der Waals surface area contributed by atoms with Crippen molar-refractivity contribution in [3.63, 3.8) is 0 Å². The maximum Gasteiger partial charge on any atom is 0.341 e. The minimum Gasteiger partial charge on any atom is -0.300 e. The van der Waals surface area contributed by atoms with Gasteiger partial charge in [0.2, 0.25) is 9.84 Å². The third kappa shape index (κ3) is 2.63. The van der Waals surface area contributed by atoms with E-state index in [4.69, 9.17) is 0 Å². The fourth-order valence-corrected chi connectivity index (χ4v) is 2.26. The van der Waals surface area contributed by atoms with E-state index in [-0.39, 0.29) is 17.8 Å². The Morgan fingerprint density at radius 1 is 1.31 bits per heavy atom. The van der Waals surface area contributed by atoms with Gasteiger partial charge in [-0.1, -0.05) is 18.2 Å². The van der Waals surface area contributed by atoms with Crippen LogP contribution in [-0.4, -0.2) is 20.0 Å². The van der Waals surface area contributed by atoms with Crippen LogP contribution in [0, 0.1) is 0 Å². The molecule has 6 heteroatoms. The normalized spacial score (nSPS) is 11.8. The van der Waals surface area contributed by atoms with Crippen LogP contribution in [0.4, 0.5) is 8.78 Å². The molecule has 0 atom stereocenters. The maximum atomic E-state index is 12.3. The molecule has 0 amide bonds. The van der Waals surface area contributed by atoms with Crippen molar-refractivity contribution in [1.82, 2.24) is 0 Å². The molecule has 0 aliphatic heterocycles. The number of carbonyl (C=O) groups is 1. The van der Waals surface area contributed by atoms with E-state index in [1.165, 1.54) is 25.1 Å². The average molecular weight is 248 g/mol. The highest BCUT2D eigenvalue weighted by Crippen LogP contribution is 2.22. The fourth-order valence-electron chi connectivity index (χ4n) is 1.29. The van der Waals surface area contributed by atoms with Crippen LogP contribution in [0.5, 0.6) is 0 Å². The minimum absolute atomic E-state index is 0.107. The molecule has 0 aromatic heterocycles. The number of sulfone groups is 1. The van der Waals surface area contributed by atoms with Gasteiger partial charge in [0.05, 0.1) is 4.90 Å². The van der Waals surface area contributed by atoms with Gasteiger partial charge in [-0.2, -0.15) is 8.78 Å². The first-order valence-electron chi connectivity index (χ1n) is 4.45. The molecular formula is C10H10F2O3S. The van der Waals surface area contributed by atoms with Crippen molar-refractivity contribution in [2.24, 2.45) is 0 Å². The third-order valence-corrected chi connectivity index (χ3v) is 3.43. The Hall–Kier alpha value is -1.30. The van der Waals surface area contributed by atoms with E-state index in [0.29, 0.717) is 0 Å². The second-order valence-electron chi connectivity index (χ2n) is 3.29. The first-order chi connectivity index (χ1) is 7.35. The number of alkyl halides is 2. The van der Waals surface area contributed by atoms with Gasteiger partial charge in [-0.15, -0.1) is 0 Å². The van der Waals surface area contributed by atoms with Gasteiger partial charge in [0.1, 0.15) is 5.78 Å². The molecule has 88 valence electrons. The molecule has 0 bridgehead atoms. The summed E-state index contributed by atoms with van der Waals surface area (Å²) in [5.74, 6) is -3.75. The van der Waals surface area contributed by atoms with Crippen LogP contribution < -0.4 is 0 Å². The molecule has 1 aromatic carbocycles. The zero-order valence-electron chi connectivity index (χ0n) is 8.48. The number of halogens is 2. The Kier molecular flexibility index (Phi) is 3.74. The molecular weight excluding hydrogens is 238 g/mol. The Morgan fingerprint density at radius 3 is 2.38 bits per heavy atom. The van der Waals surface area contributed by atoms with E-state index in [2.05, 4.69) is 0 Å². The molecule has 0 aliphatic carbocycles. The smallest absolute Gasteiger partial charge is 0.300 e. The van der Waals surface area contributed by atoms with Crippen LogP contribution in [0.15, 0.2) is 29.2 Å². The lowest BCUT2D eigenvalue weighted by atomic mass is 10.1. The highest BCUT2D eigenvalue weighted by Gasteiger charge is 2.28. The lowest BCUT2D eigenvalue weighted by molar-refractivity contribution is -0.116. The van der Waals surface area contributed by atoms with Gasteiger partial charge in [0.25, 0.3) is 0 Å². The van der Waals surface area contributed by atoms with Gasteiger partial charge in [-0.25, -0.2) is 8.42 Å². The van der Waals surface area contributed by atoms with Crippen molar-refractivity contribution in [2.75, 3.05) is 0 Å². The second kappa shape index (κ2) is 4.69. The third-order valence-electron chi connectivity index (χ3n) is 1.95.